The molecule has 0 N–H and O–H groups in total. The Kier molecular flexibility index (Phi) is 7.47. The Morgan fingerprint density at radius 3 is 1.92 bits per heavy atom. The van der Waals surface area contributed by atoms with Crippen LogP contribution in [0.15, 0.2) is 0 Å². The third-order valence-electron chi connectivity index (χ3n) is 1.92. The van der Waals surface area contributed by atoms with E-state index >= 15 is 0 Å². The predicted octanol–water partition coefficient (Wildman–Crippen LogP) is 4.33. The molecule has 1 saturated carbocycles. The number of halogens is 2. The van der Waals surface area contributed by atoms with Crippen LogP contribution in [0, 0.1) is 0 Å². The molecule has 0 radical (unpaired) electrons. The molecule has 0 amide bonds. The zero-order valence-electron chi connectivity index (χ0n) is 6.37. The quantitative estimate of drug-likeness (QED) is 0.487. The lowest BCUT2D eigenvalue weighted by atomic mass is 9.95. The molecule has 72 valence electrons. The van der Waals surface area contributed by atoms with E-state index in [9.17, 15) is 0 Å². The molecule has 0 heterocycles. The van der Waals surface area contributed by atoms with Gasteiger partial charge in [-0.2, -0.15) is 0 Å². The van der Waals surface area contributed by atoms with Gasteiger partial charge >= 0.3 is 0 Å². The Hall–Kier alpha value is 2.08. The van der Waals surface area contributed by atoms with Crippen LogP contribution in [0.1, 0.15) is 25.7 Å². The molecule has 0 aromatic heterocycles. The summed E-state index contributed by atoms with van der Waals surface area (Å²) < 4.78 is 10.9. The summed E-state index contributed by atoms with van der Waals surface area (Å²) in [4.78, 5) is 0. The van der Waals surface area contributed by atoms with Crippen molar-refractivity contribution in [1.29, 1.82) is 0 Å². The van der Waals surface area contributed by atoms with Gasteiger partial charge in [0.15, 0.2) is 0 Å². The van der Waals surface area contributed by atoms with Crippen LogP contribution < -0.4 is 0 Å². The minimum absolute atomic E-state index is 0.397. The maximum Gasteiger partial charge on any atom is 0.0757 e. The molecule has 0 bridgehead atoms. The molecular formula is C6H10I2O2S2. The van der Waals surface area contributed by atoms with E-state index in [4.69, 9.17) is 8.37 Å². The first-order chi connectivity index (χ1) is 5.86. The van der Waals surface area contributed by atoms with Gasteiger partial charge in [0.25, 0.3) is 0 Å². The summed E-state index contributed by atoms with van der Waals surface area (Å²) in [6, 6.07) is 0. The fourth-order valence-electron chi connectivity index (χ4n) is 1.38. The van der Waals surface area contributed by atoms with Crippen molar-refractivity contribution in [1.82, 2.24) is 0 Å². The fourth-order valence-corrected chi connectivity index (χ4v) is 3.70. The van der Waals surface area contributed by atoms with Gasteiger partial charge < -0.3 is 8.37 Å². The Labute approximate surface area is 106 Å². The highest BCUT2D eigenvalue weighted by Gasteiger charge is 2.23. The number of hydrogen-bond acceptors (Lipinski definition) is 4. The van der Waals surface area contributed by atoms with Crippen molar-refractivity contribution in [3.8, 4) is 0 Å². The molecule has 6 heteroatoms. The van der Waals surface area contributed by atoms with Crippen LogP contribution in [0.25, 0.3) is 0 Å². The standard InChI is InChI=1S/C6H10I2O2S2/c7-11-9-5-2-1-3-6(4-5)10-12-8/h5-6H,1-4H2. The highest BCUT2D eigenvalue weighted by Crippen LogP contribution is 2.31. The summed E-state index contributed by atoms with van der Waals surface area (Å²) >= 11 is 4.33. The summed E-state index contributed by atoms with van der Waals surface area (Å²) in [6.45, 7) is 0. The first-order valence-electron chi connectivity index (χ1n) is 3.75. The summed E-state index contributed by atoms with van der Waals surface area (Å²) in [5, 5.41) is 0. The second-order valence-corrected chi connectivity index (χ2v) is 5.52. The molecule has 1 fully saturated rings. The Bertz CT molecular complexity index is 112. The Balaban J connectivity index is 2.20. The van der Waals surface area contributed by atoms with Crippen molar-refractivity contribution < 1.29 is 8.37 Å². The SMILES string of the molecule is ISOC1CCCC(OSI)C1. The molecule has 0 aromatic rings. The second kappa shape index (κ2) is 7.38. The third kappa shape index (κ3) is 4.54. The molecular weight excluding hydrogens is 422 g/mol. The predicted molar refractivity (Wildman–Crippen MR) is 71.4 cm³/mol. The summed E-state index contributed by atoms with van der Waals surface area (Å²) in [7, 11) is 2.87. The van der Waals surface area contributed by atoms with Crippen LogP contribution >= 0.6 is 60.8 Å². The van der Waals surface area contributed by atoms with Crippen LogP contribution in [0.5, 0.6) is 0 Å². The molecule has 1 aliphatic carbocycles. The molecule has 0 aromatic carbocycles. The van der Waals surface area contributed by atoms with Crippen LogP contribution in [0.3, 0.4) is 0 Å². The molecule has 0 saturated heterocycles. The minimum atomic E-state index is 0.397. The van der Waals surface area contributed by atoms with Gasteiger partial charge in [-0.3, -0.25) is 0 Å². The van der Waals surface area contributed by atoms with Gasteiger partial charge in [-0.15, -0.1) is 0 Å². The second-order valence-electron chi connectivity index (χ2n) is 2.73. The number of rotatable bonds is 4. The fraction of sp³-hybridized carbons (Fsp3) is 1.00. The van der Waals surface area contributed by atoms with Crippen LogP contribution in [-0.4, -0.2) is 12.2 Å². The van der Waals surface area contributed by atoms with E-state index in [2.05, 4.69) is 42.4 Å². The third-order valence-corrected chi connectivity index (χ3v) is 3.86. The molecule has 12 heavy (non-hydrogen) atoms. The molecule has 0 spiro atoms. The summed E-state index contributed by atoms with van der Waals surface area (Å²) in [5.41, 5.74) is 0. The zero-order chi connectivity index (χ0) is 8.81. The first-order valence-corrected chi connectivity index (χ1v) is 10.3. The zero-order valence-corrected chi connectivity index (χ0v) is 12.3. The molecule has 1 aliphatic rings. The van der Waals surface area contributed by atoms with Gasteiger partial charge in [-0.1, -0.05) is 0 Å². The van der Waals surface area contributed by atoms with E-state index in [0.29, 0.717) is 12.2 Å². The van der Waals surface area contributed by atoms with E-state index < -0.39 is 0 Å². The average Bonchev–Trinajstić information content (AvgIpc) is 2.06. The summed E-state index contributed by atoms with van der Waals surface area (Å²) in [5.74, 6) is 0. The highest BCUT2D eigenvalue weighted by molar-refractivity contribution is 14.2. The van der Waals surface area contributed by atoms with Crippen LogP contribution in [0.2, 0.25) is 0 Å². The molecule has 1 rings (SSSR count). The van der Waals surface area contributed by atoms with Crippen molar-refractivity contribution in [2.75, 3.05) is 0 Å². The van der Waals surface area contributed by atoms with Crippen molar-refractivity contribution in [2.45, 2.75) is 37.9 Å². The highest BCUT2D eigenvalue weighted by atomic mass is 127. The van der Waals surface area contributed by atoms with Gasteiger partial charge in [0.05, 0.1) is 30.6 Å². The van der Waals surface area contributed by atoms with Crippen LogP contribution in [0.4, 0.5) is 0 Å². The topological polar surface area (TPSA) is 18.5 Å². The lowest BCUT2D eigenvalue weighted by Gasteiger charge is -2.26. The lowest BCUT2D eigenvalue weighted by Crippen LogP contribution is -2.24. The van der Waals surface area contributed by atoms with Crippen molar-refractivity contribution in [3.63, 3.8) is 0 Å². The normalized spacial score (nSPS) is 30.5. The Morgan fingerprint density at radius 1 is 1.00 bits per heavy atom. The molecule has 0 aliphatic heterocycles. The van der Waals surface area contributed by atoms with Gasteiger partial charge in [0, 0.05) is 48.8 Å². The van der Waals surface area contributed by atoms with Crippen LogP contribution in [-0.2, 0) is 8.37 Å². The molecule has 2 atom stereocenters. The lowest BCUT2D eigenvalue weighted by molar-refractivity contribution is 0.0970. The molecule has 2 unspecified atom stereocenters. The van der Waals surface area contributed by atoms with E-state index in [-0.39, 0.29) is 0 Å². The van der Waals surface area contributed by atoms with Crippen molar-refractivity contribution in [2.24, 2.45) is 0 Å². The largest absolute Gasteiger partial charge is 0.302 e. The van der Waals surface area contributed by atoms with Gasteiger partial charge in [-0.25, -0.2) is 0 Å². The maximum atomic E-state index is 5.47. The first kappa shape index (κ1) is 12.2. The Morgan fingerprint density at radius 2 is 1.50 bits per heavy atom. The maximum absolute atomic E-state index is 5.47. The summed E-state index contributed by atoms with van der Waals surface area (Å²) in [6.07, 6.45) is 5.43. The van der Waals surface area contributed by atoms with E-state index in [1.807, 2.05) is 0 Å². The van der Waals surface area contributed by atoms with E-state index in [0.717, 1.165) is 6.42 Å². The van der Waals surface area contributed by atoms with E-state index in [1.165, 1.54) is 37.7 Å². The van der Waals surface area contributed by atoms with Gasteiger partial charge in [0.2, 0.25) is 0 Å². The van der Waals surface area contributed by atoms with Gasteiger partial charge in [-0.05, 0) is 19.3 Å². The number of hydrogen-bond donors (Lipinski definition) is 0. The van der Waals surface area contributed by atoms with Gasteiger partial charge in [0.1, 0.15) is 0 Å². The molecule has 2 nitrogen and oxygen atoms in total. The smallest absolute Gasteiger partial charge is 0.0757 e. The minimum Gasteiger partial charge on any atom is -0.302 e. The van der Waals surface area contributed by atoms with Crippen molar-refractivity contribution in [3.05, 3.63) is 0 Å². The monoisotopic (exact) mass is 432 g/mol. The van der Waals surface area contributed by atoms with E-state index in [1.54, 1.807) is 0 Å². The average molecular weight is 432 g/mol. The van der Waals surface area contributed by atoms with Crippen molar-refractivity contribution >= 4 is 60.8 Å².